The molecule has 1 fully saturated rings. The average Bonchev–Trinajstić information content (AvgIpc) is 3.44. The fourth-order valence-corrected chi connectivity index (χ4v) is 4.83. The number of hydrogen-bond donors (Lipinski definition) is 1. The van der Waals surface area contributed by atoms with Crippen molar-refractivity contribution in [3.63, 3.8) is 0 Å². The van der Waals surface area contributed by atoms with E-state index in [1.165, 1.54) is 21.9 Å². The van der Waals surface area contributed by atoms with Crippen LogP contribution in [0.5, 0.6) is 5.88 Å². The topological polar surface area (TPSA) is 70.0 Å². The maximum Gasteiger partial charge on any atom is 0.230 e. The number of aromatic nitrogens is 3. The zero-order valence-electron chi connectivity index (χ0n) is 15.8. The molecule has 4 aromatic rings. The second kappa shape index (κ2) is 7.25. The van der Waals surface area contributed by atoms with Crippen LogP contribution >= 0.6 is 11.3 Å². The third kappa shape index (κ3) is 3.21. The number of rotatable bonds is 4. The van der Waals surface area contributed by atoms with Gasteiger partial charge in [-0.15, -0.1) is 5.10 Å². The number of hydrogen-bond acceptors (Lipinski definition) is 7. The van der Waals surface area contributed by atoms with Gasteiger partial charge in [0.1, 0.15) is 5.82 Å². The number of piperazine rings is 1. The predicted octanol–water partition coefficient (Wildman–Crippen LogP) is 3.23. The van der Waals surface area contributed by atoms with E-state index in [-0.39, 0.29) is 11.7 Å². The molecular weight excluding hydrogens is 393 g/mol. The van der Waals surface area contributed by atoms with Crippen LogP contribution in [-0.2, 0) is 0 Å². The third-order valence-corrected chi connectivity index (χ3v) is 6.36. The van der Waals surface area contributed by atoms with Crippen molar-refractivity contribution in [3.05, 3.63) is 58.9 Å². The van der Waals surface area contributed by atoms with Gasteiger partial charge in [-0.25, -0.2) is 4.39 Å². The number of fused-ring (bicyclic) bond motifs is 1. The Morgan fingerprint density at radius 1 is 1.14 bits per heavy atom. The lowest BCUT2D eigenvalue weighted by atomic mass is 10.0. The minimum absolute atomic E-state index is 0.0116. The maximum atomic E-state index is 14.8. The summed E-state index contributed by atoms with van der Waals surface area (Å²) in [5, 5.41) is 15.4. The Labute approximate surface area is 170 Å². The molecule has 150 valence electrons. The van der Waals surface area contributed by atoms with E-state index in [1.54, 1.807) is 30.5 Å². The van der Waals surface area contributed by atoms with Crippen molar-refractivity contribution in [2.24, 2.45) is 0 Å². The van der Waals surface area contributed by atoms with Gasteiger partial charge in [-0.2, -0.15) is 9.50 Å². The quantitative estimate of drug-likeness (QED) is 0.554. The molecule has 0 aliphatic carbocycles. The van der Waals surface area contributed by atoms with Crippen molar-refractivity contribution in [2.75, 3.05) is 33.2 Å². The second-order valence-electron chi connectivity index (χ2n) is 7.16. The molecule has 3 aromatic heterocycles. The summed E-state index contributed by atoms with van der Waals surface area (Å²) in [5.41, 5.74) is 0.545. The Balaban J connectivity index is 1.60. The van der Waals surface area contributed by atoms with E-state index in [0.29, 0.717) is 27.0 Å². The largest absolute Gasteiger partial charge is 0.492 e. The summed E-state index contributed by atoms with van der Waals surface area (Å²) in [5.74, 6) is 0.644. The average molecular weight is 413 g/mol. The number of likely N-dealkylation sites (N-methyl/N-ethyl adjacent to an activating group) is 1. The summed E-state index contributed by atoms with van der Waals surface area (Å²) >= 11 is 1.32. The molecule has 29 heavy (non-hydrogen) atoms. The number of aromatic hydroxyl groups is 1. The summed E-state index contributed by atoms with van der Waals surface area (Å²) in [6, 6.07) is 9.87. The van der Waals surface area contributed by atoms with E-state index in [4.69, 9.17) is 4.42 Å². The zero-order valence-corrected chi connectivity index (χ0v) is 16.6. The highest BCUT2D eigenvalue weighted by Gasteiger charge is 2.32. The molecule has 1 aromatic carbocycles. The fraction of sp³-hybridized carbons (Fsp3) is 0.300. The lowest BCUT2D eigenvalue weighted by Crippen LogP contribution is -2.46. The molecule has 0 saturated carbocycles. The van der Waals surface area contributed by atoms with E-state index in [2.05, 4.69) is 26.9 Å². The molecule has 1 aliphatic rings. The first-order chi connectivity index (χ1) is 14.1. The van der Waals surface area contributed by atoms with Crippen molar-refractivity contribution in [1.82, 2.24) is 24.4 Å². The van der Waals surface area contributed by atoms with Crippen LogP contribution in [0.1, 0.15) is 16.5 Å². The fourth-order valence-electron chi connectivity index (χ4n) is 3.72. The van der Waals surface area contributed by atoms with Gasteiger partial charge in [0.05, 0.1) is 17.2 Å². The van der Waals surface area contributed by atoms with Gasteiger partial charge in [0, 0.05) is 31.7 Å². The SMILES string of the molecule is CN1CCN([C@H](c2ccccc2F)c2sc3nc(-c4ccco4)nn3c2O)CC1. The molecule has 0 unspecified atom stereocenters. The van der Waals surface area contributed by atoms with Gasteiger partial charge < -0.3 is 14.4 Å². The third-order valence-electron chi connectivity index (χ3n) is 5.29. The summed E-state index contributed by atoms with van der Waals surface area (Å²) in [6.45, 7) is 3.32. The van der Waals surface area contributed by atoms with Crippen molar-refractivity contribution < 1.29 is 13.9 Å². The molecule has 4 heterocycles. The molecule has 0 amide bonds. The van der Waals surface area contributed by atoms with E-state index >= 15 is 0 Å². The van der Waals surface area contributed by atoms with Crippen molar-refractivity contribution in [2.45, 2.75) is 6.04 Å². The van der Waals surface area contributed by atoms with Gasteiger partial charge in [0.15, 0.2) is 5.76 Å². The van der Waals surface area contributed by atoms with E-state index < -0.39 is 6.04 Å². The number of halogens is 1. The van der Waals surface area contributed by atoms with Crippen LogP contribution in [-0.4, -0.2) is 62.7 Å². The molecule has 7 nitrogen and oxygen atoms in total. The molecule has 1 saturated heterocycles. The van der Waals surface area contributed by atoms with Gasteiger partial charge in [-0.3, -0.25) is 4.90 Å². The van der Waals surface area contributed by atoms with Crippen LogP contribution in [0, 0.1) is 5.82 Å². The predicted molar refractivity (Wildman–Crippen MR) is 108 cm³/mol. The maximum absolute atomic E-state index is 14.8. The van der Waals surface area contributed by atoms with E-state index in [9.17, 15) is 9.50 Å². The number of furan rings is 1. The van der Waals surface area contributed by atoms with E-state index in [0.717, 1.165) is 26.2 Å². The van der Waals surface area contributed by atoms with Crippen LogP contribution in [0.2, 0.25) is 0 Å². The highest BCUT2D eigenvalue weighted by Crippen LogP contribution is 2.41. The molecule has 1 aliphatic heterocycles. The highest BCUT2D eigenvalue weighted by atomic mass is 32.1. The minimum Gasteiger partial charge on any atom is -0.492 e. The summed E-state index contributed by atoms with van der Waals surface area (Å²) in [7, 11) is 2.08. The highest BCUT2D eigenvalue weighted by molar-refractivity contribution is 7.17. The molecule has 1 N–H and O–H groups in total. The second-order valence-corrected chi connectivity index (χ2v) is 8.17. The van der Waals surface area contributed by atoms with Crippen LogP contribution < -0.4 is 0 Å². The lowest BCUT2D eigenvalue weighted by molar-refractivity contribution is 0.125. The van der Waals surface area contributed by atoms with Crippen LogP contribution in [0.4, 0.5) is 4.39 Å². The smallest absolute Gasteiger partial charge is 0.230 e. The Morgan fingerprint density at radius 2 is 1.93 bits per heavy atom. The van der Waals surface area contributed by atoms with Crippen molar-refractivity contribution in [3.8, 4) is 17.5 Å². The normalized spacial score (nSPS) is 17.2. The Morgan fingerprint density at radius 3 is 2.62 bits per heavy atom. The number of nitrogens with zero attached hydrogens (tertiary/aromatic N) is 5. The first-order valence-corrected chi connectivity index (χ1v) is 10.2. The Hall–Kier alpha value is -2.75. The van der Waals surface area contributed by atoms with Gasteiger partial charge in [0.25, 0.3) is 0 Å². The molecule has 1 atom stereocenters. The zero-order chi connectivity index (χ0) is 20.0. The summed E-state index contributed by atoms with van der Waals surface area (Å²) in [4.78, 5) is 10.1. The Bertz CT molecular complexity index is 1130. The lowest BCUT2D eigenvalue weighted by Gasteiger charge is -2.37. The molecular formula is C20H20FN5O2S. The number of thiazole rings is 1. The first-order valence-electron chi connectivity index (χ1n) is 9.41. The van der Waals surface area contributed by atoms with Gasteiger partial charge >= 0.3 is 0 Å². The molecule has 0 radical (unpaired) electrons. The van der Waals surface area contributed by atoms with E-state index in [1.807, 2.05) is 6.07 Å². The van der Waals surface area contributed by atoms with Crippen molar-refractivity contribution >= 4 is 16.3 Å². The molecule has 0 bridgehead atoms. The monoisotopic (exact) mass is 413 g/mol. The molecule has 0 spiro atoms. The number of benzene rings is 1. The van der Waals surface area contributed by atoms with Crippen LogP contribution in [0.3, 0.4) is 0 Å². The molecule has 9 heteroatoms. The van der Waals surface area contributed by atoms with Crippen LogP contribution in [0.25, 0.3) is 16.5 Å². The minimum atomic E-state index is -0.398. The van der Waals surface area contributed by atoms with Gasteiger partial charge in [-0.05, 0) is 25.2 Å². The Kier molecular flexibility index (Phi) is 4.57. The summed E-state index contributed by atoms with van der Waals surface area (Å²) < 4.78 is 21.5. The molecule has 5 rings (SSSR count). The van der Waals surface area contributed by atoms with Gasteiger partial charge in [0.2, 0.25) is 16.7 Å². The summed E-state index contributed by atoms with van der Waals surface area (Å²) in [6.07, 6.45) is 1.55. The standard InChI is InChI=1S/C20H20FN5O2S/c1-24-8-10-25(11-9-24)16(13-5-2-3-6-14(13)21)17-19(27)26-20(29-17)22-18(23-26)15-7-4-12-28-15/h2-7,12,16,27H,8-11H2,1H3/t16-/m1/s1. The first kappa shape index (κ1) is 18.3. The van der Waals surface area contributed by atoms with Crippen LogP contribution in [0.15, 0.2) is 47.1 Å². The van der Waals surface area contributed by atoms with Gasteiger partial charge in [-0.1, -0.05) is 29.5 Å². The van der Waals surface area contributed by atoms with Crippen molar-refractivity contribution in [1.29, 1.82) is 0 Å².